The van der Waals surface area contributed by atoms with Crippen molar-refractivity contribution < 1.29 is 14.5 Å². The van der Waals surface area contributed by atoms with Crippen LogP contribution in [0.25, 0.3) is 0 Å². The van der Waals surface area contributed by atoms with Crippen molar-refractivity contribution in [1.29, 1.82) is 0 Å². The molecule has 0 radical (unpaired) electrons. The molecule has 5 nitrogen and oxygen atoms in total. The zero-order valence-electron chi connectivity index (χ0n) is 11.5. The fraction of sp³-hybridized carbons (Fsp3) is 0.133. The summed E-state index contributed by atoms with van der Waals surface area (Å²) in [7, 11) is 0. The van der Waals surface area contributed by atoms with E-state index < -0.39 is 10.9 Å². The van der Waals surface area contributed by atoms with E-state index in [1.54, 1.807) is 37.3 Å². The average Bonchev–Trinajstić information content (AvgIpc) is 2.47. The van der Waals surface area contributed by atoms with Crippen LogP contribution < -0.4 is 0 Å². The van der Waals surface area contributed by atoms with Gasteiger partial charge in [0.05, 0.1) is 15.0 Å². The van der Waals surface area contributed by atoms with Gasteiger partial charge in [-0.15, -0.1) is 0 Å². The molecule has 2 aromatic rings. The molecule has 0 bridgehead atoms. The lowest BCUT2D eigenvalue weighted by Crippen LogP contribution is -2.09. The molecule has 0 saturated carbocycles. The number of carbonyl (C=O) groups excluding carboxylic acids is 1. The Hall–Kier alpha value is -2.11. The molecule has 0 atom stereocenters. The zero-order chi connectivity index (χ0) is 16.3. The van der Waals surface area contributed by atoms with Crippen LogP contribution in [0.5, 0.6) is 0 Å². The maximum absolute atomic E-state index is 12.1. The third-order valence-electron chi connectivity index (χ3n) is 2.99. The Morgan fingerprint density at radius 2 is 1.95 bits per heavy atom. The lowest BCUT2D eigenvalue weighted by Gasteiger charge is -2.07. The van der Waals surface area contributed by atoms with E-state index in [0.717, 1.165) is 0 Å². The van der Waals surface area contributed by atoms with E-state index in [1.165, 1.54) is 6.07 Å². The fourth-order valence-electron chi connectivity index (χ4n) is 1.92. The molecule has 2 aromatic carbocycles. The summed E-state index contributed by atoms with van der Waals surface area (Å²) in [6.45, 7) is 1.51. The van der Waals surface area contributed by atoms with Crippen molar-refractivity contribution >= 4 is 34.9 Å². The summed E-state index contributed by atoms with van der Waals surface area (Å²) >= 11 is 11.7. The second-order valence-electron chi connectivity index (χ2n) is 4.55. The molecule has 2 rings (SSSR count). The molecule has 22 heavy (non-hydrogen) atoms. The van der Waals surface area contributed by atoms with Crippen molar-refractivity contribution in [2.75, 3.05) is 0 Å². The van der Waals surface area contributed by atoms with Gasteiger partial charge in [-0.25, -0.2) is 4.79 Å². The van der Waals surface area contributed by atoms with Gasteiger partial charge in [-0.05, 0) is 30.7 Å². The Morgan fingerprint density at radius 1 is 1.23 bits per heavy atom. The fourth-order valence-corrected chi connectivity index (χ4v) is 2.24. The van der Waals surface area contributed by atoms with Gasteiger partial charge in [-0.3, -0.25) is 10.1 Å². The number of aryl methyl sites for hydroxylation is 1. The Morgan fingerprint density at radius 3 is 2.59 bits per heavy atom. The molecule has 0 aliphatic heterocycles. The summed E-state index contributed by atoms with van der Waals surface area (Å²) in [4.78, 5) is 22.5. The molecule has 0 heterocycles. The number of halogens is 2. The molecule has 0 aliphatic carbocycles. The summed E-state index contributed by atoms with van der Waals surface area (Å²) in [6, 6.07) is 9.31. The van der Waals surface area contributed by atoms with Gasteiger partial charge in [0.15, 0.2) is 0 Å². The van der Waals surface area contributed by atoms with Crippen molar-refractivity contribution in [3.05, 3.63) is 73.2 Å². The highest BCUT2D eigenvalue weighted by Crippen LogP contribution is 2.25. The highest BCUT2D eigenvalue weighted by Gasteiger charge is 2.23. The SMILES string of the molecule is Cc1cccc(C(=O)OCc2ccc(Cl)c(Cl)c2)c1[N+](=O)[O-]. The highest BCUT2D eigenvalue weighted by molar-refractivity contribution is 6.42. The molecule has 0 saturated heterocycles. The Labute approximate surface area is 136 Å². The molecule has 0 fully saturated rings. The van der Waals surface area contributed by atoms with E-state index in [9.17, 15) is 14.9 Å². The van der Waals surface area contributed by atoms with Crippen LogP contribution in [0.4, 0.5) is 5.69 Å². The van der Waals surface area contributed by atoms with E-state index in [-0.39, 0.29) is 17.9 Å². The molecule has 0 spiro atoms. The Balaban J connectivity index is 2.18. The lowest BCUT2D eigenvalue weighted by molar-refractivity contribution is -0.385. The monoisotopic (exact) mass is 339 g/mol. The van der Waals surface area contributed by atoms with Gasteiger partial charge in [-0.2, -0.15) is 0 Å². The maximum atomic E-state index is 12.1. The van der Waals surface area contributed by atoms with E-state index in [0.29, 0.717) is 21.2 Å². The van der Waals surface area contributed by atoms with Gasteiger partial charge in [0.2, 0.25) is 0 Å². The van der Waals surface area contributed by atoms with Crippen LogP contribution in [0, 0.1) is 17.0 Å². The number of benzene rings is 2. The van der Waals surface area contributed by atoms with Crippen LogP contribution in [0.3, 0.4) is 0 Å². The molecule has 114 valence electrons. The molecular formula is C15H11Cl2NO4. The molecule has 0 unspecified atom stereocenters. The third kappa shape index (κ3) is 3.55. The standard InChI is InChI=1S/C15H11Cl2NO4/c1-9-3-2-4-11(14(9)18(20)21)15(19)22-8-10-5-6-12(16)13(17)7-10/h2-7H,8H2,1H3. The number of esters is 1. The number of carbonyl (C=O) groups is 1. The summed E-state index contributed by atoms with van der Waals surface area (Å²) in [5.41, 5.74) is 0.707. The van der Waals surface area contributed by atoms with E-state index in [1.807, 2.05) is 0 Å². The molecule has 0 aliphatic rings. The minimum absolute atomic E-state index is 0.0547. The number of hydrogen-bond donors (Lipinski definition) is 0. The largest absolute Gasteiger partial charge is 0.457 e. The highest BCUT2D eigenvalue weighted by atomic mass is 35.5. The van der Waals surface area contributed by atoms with Gasteiger partial charge >= 0.3 is 5.97 Å². The summed E-state index contributed by atoms with van der Waals surface area (Å²) < 4.78 is 5.11. The number of rotatable bonds is 4. The van der Waals surface area contributed by atoms with Crippen molar-refractivity contribution in [1.82, 2.24) is 0 Å². The van der Waals surface area contributed by atoms with Crippen molar-refractivity contribution in [2.24, 2.45) is 0 Å². The van der Waals surface area contributed by atoms with Crippen molar-refractivity contribution in [3.63, 3.8) is 0 Å². The molecule has 0 N–H and O–H groups in total. The number of para-hydroxylation sites is 1. The first kappa shape index (κ1) is 16.3. The van der Waals surface area contributed by atoms with Gasteiger partial charge < -0.3 is 4.74 Å². The average molecular weight is 340 g/mol. The van der Waals surface area contributed by atoms with Crippen LogP contribution >= 0.6 is 23.2 Å². The maximum Gasteiger partial charge on any atom is 0.345 e. The topological polar surface area (TPSA) is 69.4 Å². The van der Waals surface area contributed by atoms with Gasteiger partial charge in [0.1, 0.15) is 12.2 Å². The number of nitrogens with zero attached hydrogens (tertiary/aromatic N) is 1. The number of ether oxygens (including phenoxy) is 1. The summed E-state index contributed by atoms with van der Waals surface area (Å²) in [5, 5.41) is 11.8. The predicted molar refractivity (Wildman–Crippen MR) is 83.4 cm³/mol. The Bertz CT molecular complexity index is 746. The zero-order valence-corrected chi connectivity index (χ0v) is 13.0. The number of nitro groups is 1. The van der Waals surface area contributed by atoms with E-state index in [2.05, 4.69) is 0 Å². The molecule has 0 aromatic heterocycles. The van der Waals surface area contributed by atoms with Gasteiger partial charge in [0.25, 0.3) is 5.69 Å². The van der Waals surface area contributed by atoms with Crippen LogP contribution in [-0.4, -0.2) is 10.9 Å². The summed E-state index contributed by atoms with van der Waals surface area (Å²) in [6.07, 6.45) is 0. The third-order valence-corrected chi connectivity index (χ3v) is 3.73. The molecular weight excluding hydrogens is 329 g/mol. The predicted octanol–water partition coefficient (Wildman–Crippen LogP) is 4.57. The van der Waals surface area contributed by atoms with Crippen LogP contribution in [0.15, 0.2) is 36.4 Å². The minimum atomic E-state index is -0.763. The van der Waals surface area contributed by atoms with E-state index >= 15 is 0 Å². The number of hydrogen-bond acceptors (Lipinski definition) is 4. The summed E-state index contributed by atoms with van der Waals surface area (Å²) in [5.74, 6) is -0.763. The van der Waals surface area contributed by atoms with Crippen molar-refractivity contribution in [3.8, 4) is 0 Å². The second kappa shape index (κ2) is 6.77. The normalized spacial score (nSPS) is 10.3. The van der Waals surface area contributed by atoms with E-state index in [4.69, 9.17) is 27.9 Å². The smallest absolute Gasteiger partial charge is 0.345 e. The van der Waals surface area contributed by atoms with Crippen LogP contribution in [-0.2, 0) is 11.3 Å². The first-order valence-corrected chi connectivity index (χ1v) is 7.01. The van der Waals surface area contributed by atoms with Gasteiger partial charge in [-0.1, -0.05) is 41.4 Å². The first-order chi connectivity index (χ1) is 10.4. The minimum Gasteiger partial charge on any atom is -0.457 e. The first-order valence-electron chi connectivity index (χ1n) is 6.25. The van der Waals surface area contributed by atoms with Crippen LogP contribution in [0.1, 0.15) is 21.5 Å². The quantitative estimate of drug-likeness (QED) is 0.464. The molecule has 7 heteroatoms. The van der Waals surface area contributed by atoms with Crippen LogP contribution in [0.2, 0.25) is 10.0 Å². The van der Waals surface area contributed by atoms with Gasteiger partial charge in [0, 0.05) is 5.56 Å². The second-order valence-corrected chi connectivity index (χ2v) is 5.37. The Kier molecular flexibility index (Phi) is 5.00. The number of nitro benzene ring substituents is 1. The lowest BCUT2D eigenvalue weighted by atomic mass is 10.1. The molecule has 0 amide bonds. The van der Waals surface area contributed by atoms with Crippen molar-refractivity contribution in [2.45, 2.75) is 13.5 Å².